The second-order valence-corrected chi connectivity index (χ2v) is 5.50. The van der Waals surface area contributed by atoms with E-state index in [1.807, 2.05) is 19.1 Å². The standard InChI is InChI=1S/C18H17FN4O3/c1-12-3-6-16(17(7-12)25-2)26-9-18(24)22-13-4-5-15(14(19)8-13)23-11-20-10-21-23/h3-8,10-11H,9H2,1-2H3,(H,22,24). The Morgan fingerprint density at radius 2 is 2.08 bits per heavy atom. The van der Waals surface area contributed by atoms with Crippen LogP contribution >= 0.6 is 0 Å². The number of methoxy groups -OCH3 is 1. The molecule has 0 saturated carbocycles. The van der Waals surface area contributed by atoms with Gasteiger partial charge in [0.15, 0.2) is 23.9 Å². The van der Waals surface area contributed by atoms with Crippen molar-refractivity contribution in [3.05, 3.63) is 60.4 Å². The van der Waals surface area contributed by atoms with Gasteiger partial charge >= 0.3 is 0 Å². The summed E-state index contributed by atoms with van der Waals surface area (Å²) in [7, 11) is 1.53. The number of ether oxygens (including phenoxy) is 2. The molecule has 1 N–H and O–H groups in total. The predicted molar refractivity (Wildman–Crippen MR) is 93.2 cm³/mol. The maximum atomic E-state index is 14.2. The fourth-order valence-electron chi connectivity index (χ4n) is 2.34. The van der Waals surface area contributed by atoms with Crippen LogP contribution < -0.4 is 14.8 Å². The summed E-state index contributed by atoms with van der Waals surface area (Å²) in [5.41, 5.74) is 1.57. The lowest BCUT2D eigenvalue weighted by atomic mass is 10.2. The van der Waals surface area contributed by atoms with Gasteiger partial charge in [-0.15, -0.1) is 0 Å². The van der Waals surface area contributed by atoms with Gasteiger partial charge in [0.25, 0.3) is 5.91 Å². The highest BCUT2D eigenvalue weighted by molar-refractivity contribution is 5.92. The quantitative estimate of drug-likeness (QED) is 0.735. The van der Waals surface area contributed by atoms with Gasteiger partial charge in [-0.05, 0) is 42.8 Å². The van der Waals surface area contributed by atoms with Crippen LogP contribution in [-0.2, 0) is 4.79 Å². The Morgan fingerprint density at radius 3 is 2.77 bits per heavy atom. The van der Waals surface area contributed by atoms with Gasteiger partial charge in [0, 0.05) is 5.69 Å². The van der Waals surface area contributed by atoms with Crippen LogP contribution in [0.3, 0.4) is 0 Å². The summed E-state index contributed by atoms with van der Waals surface area (Å²) in [6.07, 6.45) is 2.70. The summed E-state index contributed by atoms with van der Waals surface area (Å²) in [6, 6.07) is 9.68. The maximum Gasteiger partial charge on any atom is 0.262 e. The van der Waals surface area contributed by atoms with Crippen molar-refractivity contribution in [2.24, 2.45) is 0 Å². The molecule has 7 nitrogen and oxygen atoms in total. The van der Waals surface area contributed by atoms with Crippen LogP contribution in [0.5, 0.6) is 11.5 Å². The lowest BCUT2D eigenvalue weighted by Gasteiger charge is -2.12. The van der Waals surface area contributed by atoms with Gasteiger partial charge in [0.05, 0.1) is 7.11 Å². The van der Waals surface area contributed by atoms with E-state index in [0.29, 0.717) is 17.2 Å². The largest absolute Gasteiger partial charge is 0.493 e. The first-order valence-corrected chi connectivity index (χ1v) is 7.78. The zero-order chi connectivity index (χ0) is 18.5. The second-order valence-electron chi connectivity index (χ2n) is 5.50. The van der Waals surface area contributed by atoms with Crippen molar-refractivity contribution in [1.82, 2.24) is 14.8 Å². The third-order valence-electron chi connectivity index (χ3n) is 3.57. The van der Waals surface area contributed by atoms with Gasteiger partial charge in [-0.2, -0.15) is 5.10 Å². The summed E-state index contributed by atoms with van der Waals surface area (Å²) >= 11 is 0. The number of hydrogen-bond donors (Lipinski definition) is 1. The van der Waals surface area contributed by atoms with Crippen LogP contribution in [-0.4, -0.2) is 34.4 Å². The maximum absolute atomic E-state index is 14.2. The zero-order valence-corrected chi connectivity index (χ0v) is 14.3. The molecule has 0 aliphatic carbocycles. The number of hydrogen-bond acceptors (Lipinski definition) is 5. The Balaban J connectivity index is 1.63. The first-order valence-electron chi connectivity index (χ1n) is 7.78. The third kappa shape index (κ3) is 3.97. The average molecular weight is 356 g/mol. The van der Waals surface area contributed by atoms with E-state index in [4.69, 9.17) is 9.47 Å². The van der Waals surface area contributed by atoms with E-state index in [2.05, 4.69) is 15.4 Å². The number of carbonyl (C=O) groups is 1. The number of aryl methyl sites for hydroxylation is 1. The Morgan fingerprint density at radius 1 is 1.23 bits per heavy atom. The molecule has 1 aromatic heterocycles. The summed E-state index contributed by atoms with van der Waals surface area (Å²) in [5.74, 6) is 0.0527. The molecule has 0 aliphatic rings. The van der Waals surface area contributed by atoms with E-state index in [9.17, 15) is 9.18 Å². The molecule has 3 aromatic rings. The van der Waals surface area contributed by atoms with Crippen LogP contribution in [0.15, 0.2) is 49.1 Å². The molecule has 0 aliphatic heterocycles. The summed E-state index contributed by atoms with van der Waals surface area (Å²) in [4.78, 5) is 15.8. The van der Waals surface area contributed by atoms with Crippen molar-refractivity contribution < 1.29 is 18.7 Å². The summed E-state index contributed by atoms with van der Waals surface area (Å²) in [5, 5.41) is 6.45. The van der Waals surface area contributed by atoms with Crippen LogP contribution in [0.25, 0.3) is 5.69 Å². The molecule has 0 atom stereocenters. The second kappa shape index (κ2) is 7.64. The fourth-order valence-corrected chi connectivity index (χ4v) is 2.34. The van der Waals surface area contributed by atoms with Gasteiger partial charge in [0.2, 0.25) is 0 Å². The Kier molecular flexibility index (Phi) is 5.12. The molecule has 0 spiro atoms. The smallest absolute Gasteiger partial charge is 0.262 e. The molecule has 3 rings (SSSR count). The van der Waals surface area contributed by atoms with Gasteiger partial charge in [0.1, 0.15) is 18.3 Å². The van der Waals surface area contributed by atoms with Gasteiger partial charge in [-0.1, -0.05) is 6.07 Å². The van der Waals surface area contributed by atoms with E-state index in [1.165, 1.54) is 36.6 Å². The van der Waals surface area contributed by atoms with Crippen molar-refractivity contribution in [3.8, 4) is 17.2 Å². The molecule has 26 heavy (non-hydrogen) atoms. The fraction of sp³-hybridized carbons (Fsp3) is 0.167. The molecular formula is C18H17FN4O3. The van der Waals surface area contributed by atoms with Crippen LogP contribution in [0.4, 0.5) is 10.1 Å². The highest BCUT2D eigenvalue weighted by atomic mass is 19.1. The molecule has 1 amide bonds. The normalized spacial score (nSPS) is 10.4. The number of amides is 1. The van der Waals surface area contributed by atoms with Gasteiger partial charge < -0.3 is 14.8 Å². The zero-order valence-electron chi connectivity index (χ0n) is 14.3. The van der Waals surface area contributed by atoms with E-state index < -0.39 is 11.7 Å². The molecule has 0 fully saturated rings. The first-order chi connectivity index (χ1) is 12.6. The van der Waals surface area contributed by atoms with E-state index in [-0.39, 0.29) is 12.3 Å². The summed E-state index contributed by atoms with van der Waals surface area (Å²) in [6.45, 7) is 1.70. The topological polar surface area (TPSA) is 78.3 Å². The Labute approximate surface area is 149 Å². The van der Waals surface area contributed by atoms with Crippen molar-refractivity contribution in [2.75, 3.05) is 19.0 Å². The monoisotopic (exact) mass is 356 g/mol. The summed E-state index contributed by atoms with van der Waals surface area (Å²) < 4.78 is 26.2. The highest BCUT2D eigenvalue weighted by Gasteiger charge is 2.11. The third-order valence-corrected chi connectivity index (χ3v) is 3.57. The number of nitrogens with one attached hydrogen (secondary N) is 1. The Bertz CT molecular complexity index is 913. The molecular weight excluding hydrogens is 339 g/mol. The molecule has 0 bridgehead atoms. The van der Waals surface area contributed by atoms with Gasteiger partial charge in [-0.25, -0.2) is 14.1 Å². The number of nitrogens with zero attached hydrogens (tertiary/aromatic N) is 3. The highest BCUT2D eigenvalue weighted by Crippen LogP contribution is 2.27. The number of anilines is 1. The van der Waals surface area contributed by atoms with Crippen molar-refractivity contribution in [3.63, 3.8) is 0 Å². The lowest BCUT2D eigenvalue weighted by molar-refractivity contribution is -0.118. The van der Waals surface area contributed by atoms with Gasteiger partial charge in [-0.3, -0.25) is 4.79 Å². The van der Waals surface area contributed by atoms with E-state index in [0.717, 1.165) is 5.56 Å². The molecule has 8 heteroatoms. The molecule has 1 heterocycles. The van der Waals surface area contributed by atoms with Crippen LogP contribution in [0, 0.1) is 12.7 Å². The SMILES string of the molecule is COc1cc(C)ccc1OCC(=O)Nc1ccc(-n2cncn2)c(F)c1. The minimum Gasteiger partial charge on any atom is -0.493 e. The average Bonchev–Trinajstić information content (AvgIpc) is 3.15. The predicted octanol–water partition coefficient (Wildman–Crippen LogP) is 2.74. The first kappa shape index (κ1) is 17.4. The van der Waals surface area contributed by atoms with Crippen LogP contribution in [0.1, 0.15) is 5.56 Å². The number of rotatable bonds is 6. The molecule has 0 unspecified atom stereocenters. The minimum atomic E-state index is -0.533. The van der Waals surface area contributed by atoms with E-state index >= 15 is 0 Å². The number of carbonyl (C=O) groups excluding carboxylic acids is 1. The number of benzene rings is 2. The van der Waals surface area contributed by atoms with Crippen molar-refractivity contribution >= 4 is 11.6 Å². The number of aromatic nitrogens is 3. The lowest BCUT2D eigenvalue weighted by Crippen LogP contribution is -2.20. The molecule has 0 radical (unpaired) electrons. The molecule has 134 valence electrons. The minimum absolute atomic E-state index is 0.230. The Hall–Kier alpha value is -3.42. The molecule has 2 aromatic carbocycles. The van der Waals surface area contributed by atoms with Crippen molar-refractivity contribution in [1.29, 1.82) is 0 Å². The van der Waals surface area contributed by atoms with E-state index in [1.54, 1.807) is 12.1 Å². The molecule has 0 saturated heterocycles. The number of halogens is 1. The van der Waals surface area contributed by atoms with Crippen LogP contribution in [0.2, 0.25) is 0 Å². The van der Waals surface area contributed by atoms with Crippen molar-refractivity contribution in [2.45, 2.75) is 6.92 Å².